The molecule has 1 fully saturated rings. The van der Waals surface area contributed by atoms with Crippen LogP contribution in [0.4, 0.5) is 23.7 Å². The molecule has 2 aliphatic rings. The number of anilines is 1. The Hall–Kier alpha value is -3.51. The van der Waals surface area contributed by atoms with Crippen LogP contribution >= 0.6 is 0 Å². The highest BCUT2D eigenvalue weighted by molar-refractivity contribution is 6.05. The number of ether oxygens (including phenoxy) is 2. The van der Waals surface area contributed by atoms with E-state index < -0.39 is 58.5 Å². The van der Waals surface area contributed by atoms with Gasteiger partial charge in [-0.15, -0.1) is 0 Å². The van der Waals surface area contributed by atoms with E-state index in [1.54, 1.807) is 41.5 Å². The fraction of sp³-hybridized carbons (Fsp3) is 0.667. The molecule has 240 valence electrons. The van der Waals surface area contributed by atoms with Crippen LogP contribution in [0.25, 0.3) is 0 Å². The molecule has 3 rings (SSSR count). The van der Waals surface area contributed by atoms with E-state index in [2.05, 4.69) is 5.32 Å². The van der Waals surface area contributed by atoms with Gasteiger partial charge in [-0.25, -0.2) is 4.79 Å². The standard InChI is InChI=1S/C30H43F3N4O6/c1-9-24(38)34-12-14-36-22-15-20(21(30(31,32)33)16-23(22)42-29(7,8)26(36)40)25(39)37(18(2)3)19-11-10-13-35(17-19)27(41)43-28(4,5)6/h15-16,18-19H,9-14,17H2,1-8H3,(H,34,38)/t19-/m1/s1. The smallest absolute Gasteiger partial charge is 0.417 e. The summed E-state index contributed by atoms with van der Waals surface area (Å²) in [6.45, 7) is 13.7. The molecule has 4 amide bonds. The second-order valence-corrected chi connectivity index (χ2v) is 12.7. The molecule has 0 aliphatic carbocycles. The fourth-order valence-corrected chi connectivity index (χ4v) is 5.31. The zero-order valence-corrected chi connectivity index (χ0v) is 26.2. The predicted molar refractivity (Wildman–Crippen MR) is 154 cm³/mol. The summed E-state index contributed by atoms with van der Waals surface area (Å²) in [5.74, 6) is -1.84. The van der Waals surface area contributed by atoms with Crippen LogP contribution in [-0.2, 0) is 20.5 Å². The summed E-state index contributed by atoms with van der Waals surface area (Å²) in [5.41, 5.74) is -4.03. The topological polar surface area (TPSA) is 108 Å². The zero-order valence-electron chi connectivity index (χ0n) is 26.2. The lowest BCUT2D eigenvalue weighted by molar-refractivity contribution is -0.138. The van der Waals surface area contributed by atoms with Gasteiger partial charge in [-0.1, -0.05) is 6.92 Å². The quantitative estimate of drug-likeness (QED) is 0.465. The number of hydrogen-bond acceptors (Lipinski definition) is 6. The third-order valence-corrected chi connectivity index (χ3v) is 7.26. The van der Waals surface area contributed by atoms with Crippen molar-refractivity contribution in [2.75, 3.05) is 31.1 Å². The van der Waals surface area contributed by atoms with Crippen LogP contribution in [0.2, 0.25) is 0 Å². The van der Waals surface area contributed by atoms with Gasteiger partial charge in [-0.3, -0.25) is 14.4 Å². The number of nitrogens with one attached hydrogen (secondary N) is 1. The Morgan fingerprint density at radius 2 is 1.84 bits per heavy atom. The summed E-state index contributed by atoms with van der Waals surface area (Å²) >= 11 is 0. The molecule has 13 heteroatoms. The summed E-state index contributed by atoms with van der Waals surface area (Å²) in [6, 6.07) is 0.744. The van der Waals surface area contributed by atoms with Crippen molar-refractivity contribution in [1.82, 2.24) is 15.1 Å². The highest BCUT2D eigenvalue weighted by atomic mass is 19.4. The van der Waals surface area contributed by atoms with Crippen LogP contribution in [0.5, 0.6) is 5.75 Å². The Balaban J connectivity index is 2.05. The lowest BCUT2D eigenvalue weighted by atomic mass is 9.96. The fourth-order valence-electron chi connectivity index (χ4n) is 5.31. The molecule has 1 saturated heterocycles. The minimum Gasteiger partial charge on any atom is -0.476 e. The number of nitrogens with zero attached hydrogens (tertiary/aromatic N) is 3. The van der Waals surface area contributed by atoms with Gasteiger partial charge < -0.3 is 29.5 Å². The van der Waals surface area contributed by atoms with Crippen molar-refractivity contribution in [2.45, 2.75) is 104 Å². The van der Waals surface area contributed by atoms with E-state index in [0.29, 0.717) is 19.4 Å². The van der Waals surface area contributed by atoms with Gasteiger partial charge >= 0.3 is 12.3 Å². The van der Waals surface area contributed by atoms with E-state index in [1.807, 2.05) is 0 Å². The molecule has 0 bridgehead atoms. The van der Waals surface area contributed by atoms with Gasteiger partial charge in [0, 0.05) is 38.6 Å². The molecule has 2 heterocycles. The maximum Gasteiger partial charge on any atom is 0.417 e. The number of fused-ring (bicyclic) bond motifs is 1. The Labute approximate surface area is 250 Å². The highest BCUT2D eigenvalue weighted by Gasteiger charge is 2.45. The van der Waals surface area contributed by atoms with E-state index in [0.717, 1.165) is 12.1 Å². The van der Waals surface area contributed by atoms with Crippen molar-refractivity contribution in [2.24, 2.45) is 0 Å². The first-order valence-corrected chi connectivity index (χ1v) is 14.6. The van der Waals surface area contributed by atoms with E-state index in [1.165, 1.54) is 28.5 Å². The number of halogens is 3. The Kier molecular flexibility index (Phi) is 9.97. The van der Waals surface area contributed by atoms with Crippen molar-refractivity contribution in [3.63, 3.8) is 0 Å². The molecule has 0 unspecified atom stereocenters. The molecule has 0 radical (unpaired) electrons. The number of carbonyl (C=O) groups excluding carboxylic acids is 4. The number of rotatable bonds is 7. The molecule has 0 aromatic heterocycles. The Morgan fingerprint density at radius 1 is 1.19 bits per heavy atom. The minimum absolute atomic E-state index is 0.00848. The Morgan fingerprint density at radius 3 is 2.40 bits per heavy atom. The predicted octanol–water partition coefficient (Wildman–Crippen LogP) is 4.99. The van der Waals surface area contributed by atoms with Gasteiger partial charge in [0.15, 0.2) is 5.60 Å². The van der Waals surface area contributed by atoms with Crippen LogP contribution < -0.4 is 15.0 Å². The number of alkyl halides is 3. The van der Waals surface area contributed by atoms with Crippen molar-refractivity contribution in [3.8, 4) is 5.75 Å². The van der Waals surface area contributed by atoms with Gasteiger partial charge in [-0.2, -0.15) is 13.2 Å². The van der Waals surface area contributed by atoms with E-state index in [-0.39, 0.29) is 43.4 Å². The van der Waals surface area contributed by atoms with Crippen LogP contribution in [-0.4, -0.2) is 83.1 Å². The largest absolute Gasteiger partial charge is 0.476 e. The number of carbonyl (C=O) groups is 4. The van der Waals surface area contributed by atoms with E-state index in [4.69, 9.17) is 9.47 Å². The summed E-state index contributed by atoms with van der Waals surface area (Å²) in [7, 11) is 0. The second-order valence-electron chi connectivity index (χ2n) is 12.7. The average Bonchev–Trinajstić information content (AvgIpc) is 2.88. The second kappa shape index (κ2) is 12.6. The van der Waals surface area contributed by atoms with Crippen LogP contribution in [0.3, 0.4) is 0 Å². The third kappa shape index (κ3) is 7.91. The SMILES string of the molecule is CCC(=O)NCCN1C(=O)C(C)(C)Oc2cc(C(F)(F)F)c(C(=O)N(C(C)C)[C@@H]3CCCN(C(=O)OC(C)(C)C)C3)cc21. The highest BCUT2D eigenvalue weighted by Crippen LogP contribution is 2.44. The van der Waals surface area contributed by atoms with Crippen molar-refractivity contribution in [1.29, 1.82) is 0 Å². The molecular weight excluding hydrogens is 569 g/mol. The molecular formula is C30H43F3N4O6. The van der Waals surface area contributed by atoms with Crippen LogP contribution in [0, 0.1) is 0 Å². The lowest BCUT2D eigenvalue weighted by Crippen LogP contribution is -2.55. The van der Waals surface area contributed by atoms with Gasteiger partial charge in [-0.05, 0) is 73.4 Å². The lowest BCUT2D eigenvalue weighted by Gasteiger charge is -2.42. The minimum atomic E-state index is -4.91. The van der Waals surface area contributed by atoms with Gasteiger partial charge in [0.25, 0.3) is 11.8 Å². The molecule has 2 aliphatic heterocycles. The molecule has 10 nitrogen and oxygen atoms in total. The molecule has 0 spiro atoms. The van der Waals surface area contributed by atoms with Crippen LogP contribution in [0.1, 0.15) is 90.6 Å². The number of hydrogen-bond donors (Lipinski definition) is 1. The average molecular weight is 613 g/mol. The molecule has 1 aromatic rings. The van der Waals surface area contributed by atoms with Crippen molar-refractivity contribution < 1.29 is 41.8 Å². The number of likely N-dealkylation sites (tertiary alicyclic amines) is 1. The Bertz CT molecular complexity index is 1240. The van der Waals surface area contributed by atoms with E-state index >= 15 is 0 Å². The first-order chi connectivity index (χ1) is 19.8. The molecule has 1 aromatic carbocycles. The maximum absolute atomic E-state index is 14.5. The first-order valence-electron chi connectivity index (χ1n) is 14.6. The molecule has 1 atom stereocenters. The summed E-state index contributed by atoms with van der Waals surface area (Å²) in [4.78, 5) is 56.1. The van der Waals surface area contributed by atoms with Crippen molar-refractivity contribution in [3.05, 3.63) is 23.3 Å². The maximum atomic E-state index is 14.5. The number of benzene rings is 1. The van der Waals surface area contributed by atoms with Gasteiger partial charge in [0.1, 0.15) is 11.4 Å². The monoisotopic (exact) mass is 612 g/mol. The van der Waals surface area contributed by atoms with Crippen LogP contribution in [0.15, 0.2) is 12.1 Å². The van der Waals surface area contributed by atoms with Gasteiger partial charge in [0.2, 0.25) is 5.91 Å². The summed E-state index contributed by atoms with van der Waals surface area (Å²) in [5, 5.41) is 2.66. The summed E-state index contributed by atoms with van der Waals surface area (Å²) in [6.07, 6.45) is -4.22. The van der Waals surface area contributed by atoms with E-state index in [9.17, 15) is 32.3 Å². The van der Waals surface area contributed by atoms with Crippen molar-refractivity contribution >= 4 is 29.5 Å². The molecule has 1 N–H and O–H groups in total. The summed E-state index contributed by atoms with van der Waals surface area (Å²) < 4.78 is 54.7. The number of amides is 4. The number of piperidine rings is 1. The third-order valence-electron chi connectivity index (χ3n) is 7.26. The first kappa shape index (κ1) is 34.0. The normalized spacial score (nSPS) is 18.6. The van der Waals surface area contributed by atoms with Gasteiger partial charge in [0.05, 0.1) is 22.9 Å². The molecule has 43 heavy (non-hydrogen) atoms. The zero-order chi connectivity index (χ0) is 32.5. The molecule has 0 saturated carbocycles.